The van der Waals surface area contributed by atoms with Gasteiger partial charge in [-0.1, -0.05) is 140 Å². The number of allylic oxidation sites excluding steroid dienone is 1. The summed E-state index contributed by atoms with van der Waals surface area (Å²) in [5.74, 6) is 0.694. The fourth-order valence-corrected chi connectivity index (χ4v) is 7.19. The molecule has 0 saturated heterocycles. The van der Waals surface area contributed by atoms with Crippen molar-refractivity contribution in [3.63, 3.8) is 0 Å². The normalized spacial score (nSPS) is 14.9. The molecule has 1 aliphatic heterocycles. The van der Waals surface area contributed by atoms with Crippen LogP contribution in [0, 0.1) is 0 Å². The molecule has 0 aliphatic carbocycles. The van der Waals surface area contributed by atoms with Gasteiger partial charge in [-0.2, -0.15) is 0 Å². The largest absolute Gasteiger partial charge is 0.456 e. The van der Waals surface area contributed by atoms with E-state index in [4.69, 9.17) is 14.4 Å². The Kier molecular flexibility index (Phi) is 8.22. The highest BCUT2D eigenvalue weighted by Gasteiger charge is 2.19. The van der Waals surface area contributed by atoms with E-state index in [1.807, 2.05) is 18.2 Å². The van der Waals surface area contributed by atoms with E-state index in [0.717, 1.165) is 79.6 Å². The van der Waals surface area contributed by atoms with Gasteiger partial charge in [0.05, 0.1) is 11.4 Å². The fourth-order valence-electron chi connectivity index (χ4n) is 7.19. The number of amidine groups is 1. The van der Waals surface area contributed by atoms with Crippen LogP contribution in [0.3, 0.4) is 0 Å². The molecule has 0 amide bonds. The van der Waals surface area contributed by atoms with Gasteiger partial charge in [-0.3, -0.25) is 0 Å². The molecule has 0 bridgehead atoms. The standard InChI is InChI=1S/C49H36N2O/c1-33-21-28-45(39-26-27-44-43-19-11-12-20-46(43)52-47(44)32-39)50-49(38-24-22-37(23-25-38)34-13-5-2-6-14-34)51-48(33)42-30-40(35-15-7-3-8-16-35)29-41(31-42)36-17-9-4-10-18-36/h2-20,22-27,29-32H,21,28H2,1H3/b48-33-,50-45?,51-49?. The van der Waals surface area contributed by atoms with Gasteiger partial charge < -0.3 is 4.42 Å². The number of furan rings is 1. The van der Waals surface area contributed by atoms with E-state index >= 15 is 0 Å². The zero-order valence-corrected chi connectivity index (χ0v) is 29.0. The lowest BCUT2D eigenvalue weighted by molar-refractivity contribution is 0.669. The van der Waals surface area contributed by atoms with Crippen LogP contribution in [0.4, 0.5) is 0 Å². The van der Waals surface area contributed by atoms with Crippen LogP contribution in [0.2, 0.25) is 0 Å². The van der Waals surface area contributed by atoms with Crippen molar-refractivity contribution in [1.29, 1.82) is 0 Å². The Morgan fingerprint density at radius 1 is 0.385 bits per heavy atom. The summed E-state index contributed by atoms with van der Waals surface area (Å²) in [7, 11) is 0. The van der Waals surface area contributed by atoms with Crippen LogP contribution < -0.4 is 0 Å². The number of para-hydroxylation sites is 1. The molecule has 0 atom stereocenters. The highest BCUT2D eigenvalue weighted by Crippen LogP contribution is 2.36. The average molecular weight is 669 g/mol. The lowest BCUT2D eigenvalue weighted by atomic mass is 9.92. The number of hydrogen-bond acceptors (Lipinski definition) is 3. The highest BCUT2D eigenvalue weighted by atomic mass is 16.3. The summed E-state index contributed by atoms with van der Waals surface area (Å²) in [5.41, 5.74) is 15.0. The van der Waals surface area contributed by atoms with Crippen LogP contribution in [0.1, 0.15) is 36.5 Å². The van der Waals surface area contributed by atoms with Gasteiger partial charge in [0.2, 0.25) is 0 Å². The van der Waals surface area contributed by atoms with E-state index in [-0.39, 0.29) is 0 Å². The van der Waals surface area contributed by atoms with Crippen LogP contribution >= 0.6 is 0 Å². The molecular formula is C49H36N2O. The summed E-state index contributed by atoms with van der Waals surface area (Å²) in [6.45, 7) is 2.22. The first kappa shape index (κ1) is 31.4. The second-order valence-corrected chi connectivity index (χ2v) is 13.4. The lowest BCUT2D eigenvalue weighted by Crippen LogP contribution is -2.10. The third-order valence-electron chi connectivity index (χ3n) is 9.98. The van der Waals surface area contributed by atoms with Crippen molar-refractivity contribution in [1.82, 2.24) is 0 Å². The van der Waals surface area contributed by atoms with E-state index < -0.39 is 0 Å². The molecule has 0 spiro atoms. The predicted octanol–water partition coefficient (Wildman–Crippen LogP) is 13.0. The molecule has 1 aromatic heterocycles. The molecule has 8 aromatic rings. The Labute approximate surface area is 304 Å². The summed E-state index contributed by atoms with van der Waals surface area (Å²) in [6.07, 6.45) is 1.60. The molecular weight excluding hydrogens is 633 g/mol. The van der Waals surface area contributed by atoms with Crippen LogP contribution in [-0.4, -0.2) is 11.5 Å². The third kappa shape index (κ3) is 6.18. The van der Waals surface area contributed by atoms with Crippen LogP contribution in [0.5, 0.6) is 0 Å². The fraction of sp³-hybridized carbons (Fsp3) is 0.0612. The maximum Gasteiger partial charge on any atom is 0.160 e. The summed E-state index contributed by atoms with van der Waals surface area (Å²) in [6, 6.07) is 61.8. The number of hydrogen-bond donors (Lipinski definition) is 0. The van der Waals surface area contributed by atoms with E-state index in [0.29, 0.717) is 5.84 Å². The molecule has 7 aromatic carbocycles. The number of nitrogens with zero attached hydrogens (tertiary/aromatic N) is 2. The second kappa shape index (κ2) is 13.6. The Morgan fingerprint density at radius 2 is 0.885 bits per heavy atom. The van der Waals surface area contributed by atoms with Crippen molar-refractivity contribution in [2.45, 2.75) is 19.8 Å². The lowest BCUT2D eigenvalue weighted by Gasteiger charge is -2.18. The molecule has 0 N–H and O–H groups in total. The van der Waals surface area contributed by atoms with Gasteiger partial charge in [-0.25, -0.2) is 9.98 Å². The van der Waals surface area contributed by atoms with Crippen molar-refractivity contribution < 1.29 is 4.42 Å². The van der Waals surface area contributed by atoms with Crippen molar-refractivity contribution >= 4 is 39.2 Å². The van der Waals surface area contributed by atoms with Crippen molar-refractivity contribution in [2.24, 2.45) is 9.98 Å². The quantitative estimate of drug-likeness (QED) is 0.174. The zero-order valence-electron chi connectivity index (χ0n) is 29.0. The molecule has 2 heterocycles. The van der Waals surface area contributed by atoms with E-state index in [2.05, 4.69) is 165 Å². The van der Waals surface area contributed by atoms with E-state index in [1.165, 1.54) is 22.3 Å². The maximum absolute atomic E-state index is 6.30. The topological polar surface area (TPSA) is 37.9 Å². The van der Waals surface area contributed by atoms with Crippen molar-refractivity contribution in [3.8, 4) is 33.4 Å². The minimum Gasteiger partial charge on any atom is -0.456 e. The SMILES string of the molecule is C/C1=C(\c2cc(-c3ccccc3)cc(-c3ccccc3)c2)N=C(c2ccc(-c3ccccc3)cc2)N=C(c2ccc3c(c2)oc2ccccc23)CC1. The minimum absolute atomic E-state index is 0.694. The molecule has 0 radical (unpaired) electrons. The molecule has 0 saturated carbocycles. The van der Waals surface area contributed by atoms with Crippen LogP contribution in [0.25, 0.3) is 61.0 Å². The molecule has 3 nitrogen and oxygen atoms in total. The van der Waals surface area contributed by atoms with Gasteiger partial charge in [-0.05, 0) is 101 Å². The monoisotopic (exact) mass is 668 g/mol. The van der Waals surface area contributed by atoms with Crippen molar-refractivity contribution in [3.05, 3.63) is 198 Å². The molecule has 9 rings (SSSR count). The minimum atomic E-state index is 0.694. The second-order valence-electron chi connectivity index (χ2n) is 13.4. The highest BCUT2D eigenvalue weighted by molar-refractivity contribution is 6.16. The van der Waals surface area contributed by atoms with Crippen molar-refractivity contribution in [2.75, 3.05) is 0 Å². The van der Waals surface area contributed by atoms with Gasteiger partial charge in [0.1, 0.15) is 11.2 Å². The summed E-state index contributed by atoms with van der Waals surface area (Å²) < 4.78 is 6.30. The maximum atomic E-state index is 6.30. The summed E-state index contributed by atoms with van der Waals surface area (Å²) in [5, 5.41) is 2.24. The van der Waals surface area contributed by atoms with Gasteiger partial charge >= 0.3 is 0 Å². The van der Waals surface area contributed by atoms with Crippen LogP contribution in [-0.2, 0) is 0 Å². The first-order chi connectivity index (χ1) is 25.7. The van der Waals surface area contributed by atoms with Gasteiger partial charge in [-0.15, -0.1) is 0 Å². The van der Waals surface area contributed by atoms with Gasteiger partial charge in [0, 0.05) is 21.9 Å². The van der Waals surface area contributed by atoms with Gasteiger partial charge in [0.25, 0.3) is 0 Å². The van der Waals surface area contributed by atoms with E-state index in [9.17, 15) is 0 Å². The summed E-state index contributed by atoms with van der Waals surface area (Å²) >= 11 is 0. The van der Waals surface area contributed by atoms with Crippen LogP contribution in [0.15, 0.2) is 196 Å². The molecule has 52 heavy (non-hydrogen) atoms. The first-order valence-corrected chi connectivity index (χ1v) is 17.9. The molecule has 0 unspecified atom stereocenters. The Morgan fingerprint density at radius 3 is 1.54 bits per heavy atom. The molecule has 0 fully saturated rings. The summed E-state index contributed by atoms with van der Waals surface area (Å²) in [4.78, 5) is 10.9. The third-order valence-corrected chi connectivity index (χ3v) is 9.98. The van der Waals surface area contributed by atoms with E-state index in [1.54, 1.807) is 0 Å². The Balaban J connectivity index is 1.21. The average Bonchev–Trinajstić information content (AvgIpc) is 3.58. The molecule has 248 valence electrons. The number of aliphatic imine (C=N–C) groups is 2. The first-order valence-electron chi connectivity index (χ1n) is 17.9. The number of fused-ring (bicyclic) bond motifs is 3. The number of benzene rings is 7. The number of rotatable bonds is 6. The Bertz CT molecular complexity index is 2590. The molecule has 1 aliphatic rings. The predicted molar refractivity (Wildman–Crippen MR) is 218 cm³/mol. The molecule has 3 heteroatoms. The zero-order chi connectivity index (χ0) is 34.9. The van der Waals surface area contributed by atoms with Gasteiger partial charge in [0.15, 0.2) is 5.84 Å². The smallest absolute Gasteiger partial charge is 0.160 e. The Hall–Kier alpha value is -6.58.